The summed E-state index contributed by atoms with van der Waals surface area (Å²) >= 11 is 0. The van der Waals surface area contributed by atoms with E-state index in [9.17, 15) is 14.7 Å². The second-order valence-electron chi connectivity index (χ2n) is 5.84. The van der Waals surface area contributed by atoms with Crippen LogP contribution in [0.1, 0.15) is 11.1 Å². The number of carbonyl (C=O) groups excluding carboxylic acids is 1. The van der Waals surface area contributed by atoms with Gasteiger partial charge in [-0.15, -0.1) is 0 Å². The van der Waals surface area contributed by atoms with E-state index in [0.717, 1.165) is 11.1 Å². The topological polar surface area (TPSA) is 63.6 Å². The van der Waals surface area contributed by atoms with Crippen LogP contribution in [-0.2, 0) is 27.2 Å². The van der Waals surface area contributed by atoms with Gasteiger partial charge in [-0.3, -0.25) is 9.59 Å². The van der Waals surface area contributed by atoms with Crippen LogP contribution in [0.2, 0.25) is 0 Å². The Kier molecular flexibility index (Phi) is 6.96. The number of benzene rings is 2. The first-order valence-corrected chi connectivity index (χ1v) is 8.17. The molecule has 2 atom stereocenters. The fourth-order valence-electron chi connectivity index (χ4n) is 2.62. The van der Waals surface area contributed by atoms with Gasteiger partial charge in [0.2, 0.25) is 0 Å². The van der Waals surface area contributed by atoms with Crippen LogP contribution >= 0.6 is 0 Å². The molecule has 4 nitrogen and oxygen atoms in total. The highest BCUT2D eigenvalue weighted by atomic mass is 16.5. The number of hydrogen-bond acceptors (Lipinski definition) is 3. The molecule has 0 spiro atoms. The maximum Gasteiger partial charge on any atom is 0.312 e. The zero-order chi connectivity index (χ0) is 18.1. The van der Waals surface area contributed by atoms with E-state index in [2.05, 4.69) is 0 Å². The van der Waals surface area contributed by atoms with Crippen LogP contribution in [0.15, 0.2) is 72.8 Å². The van der Waals surface area contributed by atoms with Crippen LogP contribution < -0.4 is 0 Å². The molecule has 2 aromatic rings. The van der Waals surface area contributed by atoms with Gasteiger partial charge in [-0.25, -0.2) is 0 Å². The van der Waals surface area contributed by atoms with Gasteiger partial charge in [-0.2, -0.15) is 0 Å². The predicted octanol–water partition coefficient (Wildman–Crippen LogP) is 3.52. The number of ether oxygens (including phenoxy) is 1. The molecular weight excluding hydrogens is 316 g/mol. The molecule has 0 aliphatic rings. The van der Waals surface area contributed by atoms with Crippen molar-refractivity contribution < 1.29 is 19.4 Å². The standard InChI is InChI=1S/C21H22O4/c1-25-21(24)19(15-17-10-6-3-7-11-17)13-12-18(20(22)23)14-16-8-4-2-5-9-16/h2-13,18-19H,14-15H2,1H3,(H,22,23)/t18-,19-/m1/s1. The third-order valence-electron chi connectivity index (χ3n) is 3.99. The monoisotopic (exact) mass is 338 g/mol. The third kappa shape index (κ3) is 5.92. The van der Waals surface area contributed by atoms with Crippen LogP contribution in [0.4, 0.5) is 0 Å². The fourth-order valence-corrected chi connectivity index (χ4v) is 2.62. The van der Waals surface area contributed by atoms with Crippen LogP contribution in [0.25, 0.3) is 0 Å². The average Bonchev–Trinajstić information content (AvgIpc) is 2.64. The van der Waals surface area contributed by atoms with Gasteiger partial charge in [0.15, 0.2) is 0 Å². The van der Waals surface area contributed by atoms with E-state index >= 15 is 0 Å². The second-order valence-corrected chi connectivity index (χ2v) is 5.84. The Morgan fingerprint density at radius 2 is 1.32 bits per heavy atom. The summed E-state index contributed by atoms with van der Waals surface area (Å²) in [5, 5.41) is 9.47. The van der Waals surface area contributed by atoms with E-state index in [-0.39, 0.29) is 5.97 Å². The Labute approximate surface area is 147 Å². The maximum absolute atomic E-state index is 12.0. The van der Waals surface area contributed by atoms with Crippen molar-refractivity contribution in [3.05, 3.63) is 83.9 Å². The van der Waals surface area contributed by atoms with Gasteiger partial charge in [0.25, 0.3) is 0 Å². The highest BCUT2D eigenvalue weighted by molar-refractivity contribution is 5.76. The zero-order valence-electron chi connectivity index (χ0n) is 14.2. The number of carboxylic acid groups (broad SMARTS) is 1. The number of rotatable bonds is 8. The molecule has 0 saturated heterocycles. The van der Waals surface area contributed by atoms with E-state index < -0.39 is 17.8 Å². The lowest BCUT2D eigenvalue weighted by Crippen LogP contribution is -2.19. The van der Waals surface area contributed by atoms with Gasteiger partial charge in [-0.1, -0.05) is 72.8 Å². The van der Waals surface area contributed by atoms with Crippen molar-refractivity contribution in [1.29, 1.82) is 0 Å². The van der Waals surface area contributed by atoms with Crippen molar-refractivity contribution in [2.75, 3.05) is 7.11 Å². The molecule has 0 bridgehead atoms. The molecule has 2 aromatic carbocycles. The van der Waals surface area contributed by atoms with Crippen molar-refractivity contribution in [3.8, 4) is 0 Å². The number of methoxy groups -OCH3 is 1. The summed E-state index contributed by atoms with van der Waals surface area (Å²) in [5.41, 5.74) is 1.94. The van der Waals surface area contributed by atoms with Crippen molar-refractivity contribution in [2.45, 2.75) is 12.8 Å². The van der Waals surface area contributed by atoms with Crippen molar-refractivity contribution in [1.82, 2.24) is 0 Å². The Balaban J connectivity index is 2.13. The van der Waals surface area contributed by atoms with Crippen LogP contribution in [-0.4, -0.2) is 24.2 Å². The van der Waals surface area contributed by atoms with Crippen LogP contribution in [0, 0.1) is 11.8 Å². The smallest absolute Gasteiger partial charge is 0.312 e. The summed E-state index contributed by atoms with van der Waals surface area (Å²) < 4.78 is 4.86. The molecule has 0 heterocycles. The van der Waals surface area contributed by atoms with E-state index in [1.54, 1.807) is 12.2 Å². The number of hydrogen-bond donors (Lipinski definition) is 1. The van der Waals surface area contributed by atoms with Gasteiger partial charge in [0, 0.05) is 0 Å². The van der Waals surface area contributed by atoms with Gasteiger partial charge < -0.3 is 9.84 Å². The minimum absolute atomic E-state index is 0.371. The van der Waals surface area contributed by atoms with E-state index in [1.165, 1.54) is 7.11 Å². The number of aliphatic carboxylic acids is 1. The van der Waals surface area contributed by atoms with Gasteiger partial charge >= 0.3 is 11.9 Å². The van der Waals surface area contributed by atoms with Gasteiger partial charge in [0.1, 0.15) is 0 Å². The molecule has 0 fully saturated rings. The number of carboxylic acids is 1. The summed E-state index contributed by atoms with van der Waals surface area (Å²) in [6.07, 6.45) is 4.11. The summed E-state index contributed by atoms with van der Waals surface area (Å²) in [6, 6.07) is 19.0. The Morgan fingerprint density at radius 1 is 0.880 bits per heavy atom. The predicted molar refractivity (Wildman–Crippen MR) is 96.1 cm³/mol. The third-order valence-corrected chi connectivity index (χ3v) is 3.99. The van der Waals surface area contributed by atoms with E-state index in [1.807, 2.05) is 60.7 Å². The highest BCUT2D eigenvalue weighted by Crippen LogP contribution is 2.16. The first kappa shape index (κ1) is 18.5. The van der Waals surface area contributed by atoms with Crippen molar-refractivity contribution >= 4 is 11.9 Å². The molecular formula is C21H22O4. The highest BCUT2D eigenvalue weighted by Gasteiger charge is 2.20. The van der Waals surface area contributed by atoms with E-state index in [4.69, 9.17) is 4.74 Å². The summed E-state index contributed by atoms with van der Waals surface area (Å²) in [7, 11) is 1.34. The van der Waals surface area contributed by atoms with Gasteiger partial charge in [0.05, 0.1) is 18.9 Å². The minimum Gasteiger partial charge on any atom is -0.481 e. The molecule has 0 aliphatic carbocycles. The molecule has 0 unspecified atom stereocenters. The quantitative estimate of drug-likeness (QED) is 0.591. The Hall–Kier alpha value is -2.88. The zero-order valence-corrected chi connectivity index (χ0v) is 14.2. The molecule has 0 aliphatic heterocycles. The SMILES string of the molecule is COC(=O)[C@H](C=C[C@H](Cc1ccccc1)C(=O)O)Cc1ccccc1. The largest absolute Gasteiger partial charge is 0.481 e. The average molecular weight is 338 g/mol. The molecule has 0 saturated carbocycles. The molecule has 25 heavy (non-hydrogen) atoms. The van der Waals surface area contributed by atoms with Crippen molar-refractivity contribution in [2.24, 2.45) is 11.8 Å². The number of esters is 1. The minimum atomic E-state index is -0.913. The summed E-state index contributed by atoms with van der Waals surface area (Å²) in [4.78, 5) is 23.6. The Bertz CT molecular complexity index is 707. The summed E-state index contributed by atoms with van der Waals surface area (Å²) in [5.74, 6) is -2.48. The van der Waals surface area contributed by atoms with E-state index in [0.29, 0.717) is 12.8 Å². The molecule has 2 rings (SSSR count). The second kappa shape index (κ2) is 9.42. The molecule has 0 amide bonds. The molecule has 0 aromatic heterocycles. The van der Waals surface area contributed by atoms with Crippen molar-refractivity contribution in [3.63, 3.8) is 0 Å². The normalized spacial score (nSPS) is 13.3. The molecule has 4 heteroatoms. The first-order chi connectivity index (χ1) is 12.1. The lowest BCUT2D eigenvalue weighted by molar-refractivity contribution is -0.144. The lowest BCUT2D eigenvalue weighted by atomic mass is 9.94. The lowest BCUT2D eigenvalue weighted by Gasteiger charge is -2.13. The molecule has 130 valence electrons. The molecule has 1 N–H and O–H groups in total. The van der Waals surface area contributed by atoms with Gasteiger partial charge in [-0.05, 0) is 24.0 Å². The number of carbonyl (C=O) groups is 2. The maximum atomic E-state index is 12.0. The Morgan fingerprint density at radius 3 is 1.76 bits per heavy atom. The van der Waals surface area contributed by atoms with Crippen LogP contribution in [0.5, 0.6) is 0 Å². The van der Waals surface area contributed by atoms with Crippen LogP contribution in [0.3, 0.4) is 0 Å². The summed E-state index contributed by atoms with van der Waals surface area (Å²) in [6.45, 7) is 0. The molecule has 0 radical (unpaired) electrons. The first-order valence-electron chi connectivity index (χ1n) is 8.17. The fraction of sp³-hybridized carbons (Fsp3) is 0.238.